The van der Waals surface area contributed by atoms with Crippen molar-refractivity contribution in [2.24, 2.45) is 4.99 Å². The largest absolute Gasteiger partial charge is 0.872 e. The lowest BCUT2D eigenvalue weighted by Crippen LogP contribution is -1.95. The smallest absolute Gasteiger partial charge is 0.273 e. The summed E-state index contributed by atoms with van der Waals surface area (Å²) in [5, 5.41) is 38.9. The molecule has 102 valence electrons. The molecule has 2 aromatic rings. The Morgan fingerprint density at radius 3 is 2.60 bits per heavy atom. The van der Waals surface area contributed by atoms with E-state index >= 15 is 0 Å². The first-order valence-corrected chi connectivity index (χ1v) is 5.51. The Bertz CT molecular complexity index is 697. The first-order valence-electron chi connectivity index (χ1n) is 5.51. The summed E-state index contributed by atoms with van der Waals surface area (Å²) in [6, 6.07) is 7.51. The number of hydrogen-bond acceptors (Lipinski definition) is 5. The Balaban J connectivity index is 2.29. The molecule has 0 aliphatic rings. The van der Waals surface area contributed by atoms with E-state index in [9.17, 15) is 20.3 Å². The Hall–Kier alpha value is -3.09. The number of aliphatic imine (C=N–C) groups is 1. The van der Waals surface area contributed by atoms with Crippen molar-refractivity contribution in [2.45, 2.75) is 0 Å². The third-order valence-corrected chi connectivity index (χ3v) is 2.53. The first kappa shape index (κ1) is 13.3. The van der Waals surface area contributed by atoms with Gasteiger partial charge in [0.05, 0.1) is 11.0 Å². The lowest BCUT2D eigenvalue weighted by molar-refractivity contribution is -0.384. The summed E-state index contributed by atoms with van der Waals surface area (Å²) < 4.78 is 0. The summed E-state index contributed by atoms with van der Waals surface area (Å²) in [5.41, 5.74) is 0.133. The molecule has 0 aromatic heterocycles. The van der Waals surface area contributed by atoms with Gasteiger partial charge < -0.3 is 15.3 Å². The molecule has 0 bridgehead atoms. The maximum Gasteiger partial charge on any atom is 0.273 e. The monoisotopic (exact) mass is 274 g/mol. The van der Waals surface area contributed by atoms with E-state index in [1.165, 1.54) is 30.5 Å². The van der Waals surface area contributed by atoms with E-state index in [1.807, 2.05) is 0 Å². The van der Waals surface area contributed by atoms with Gasteiger partial charge in [-0.05, 0) is 17.7 Å². The Labute approximate surface area is 113 Å². The number of phenolic OH excluding ortho intramolecular Hbond substituents is 1. The highest BCUT2D eigenvalue weighted by Crippen LogP contribution is 2.30. The van der Waals surface area contributed by atoms with Crippen LogP contribution in [0, 0.1) is 10.1 Å². The molecule has 0 amide bonds. The molecule has 7 heteroatoms. The van der Waals surface area contributed by atoms with E-state index in [2.05, 4.69) is 4.99 Å². The average molecular weight is 274 g/mol. The van der Waals surface area contributed by atoms with Gasteiger partial charge in [0.15, 0.2) is 0 Å². The quantitative estimate of drug-likeness (QED) is 0.395. The van der Waals surface area contributed by atoms with Gasteiger partial charge in [0.25, 0.3) is 11.4 Å². The van der Waals surface area contributed by atoms with Gasteiger partial charge in [-0.3, -0.25) is 15.1 Å². The van der Waals surface area contributed by atoms with Crippen LogP contribution in [0.2, 0.25) is 0 Å². The van der Waals surface area contributed by atoms with Crippen LogP contribution < -0.4 is 5.11 Å². The Kier molecular flexibility index (Phi) is 3.52. The molecule has 0 radical (unpaired) electrons. The zero-order chi connectivity index (χ0) is 14.7. The van der Waals surface area contributed by atoms with Crippen LogP contribution in [0.15, 0.2) is 41.4 Å². The van der Waals surface area contributed by atoms with E-state index in [0.29, 0.717) is 0 Å². The van der Waals surface area contributed by atoms with E-state index in [0.717, 1.165) is 12.1 Å². The standard InChI is InChI=1S/C13H10N2O5/c16-10-3-1-8(12(17)6-10)7-14-11-4-2-9(15(19)20)5-13(11)18/h1-7,16-18H. The highest BCUT2D eigenvalue weighted by molar-refractivity contribution is 5.86. The number of nitro groups is 1. The second-order valence-corrected chi connectivity index (χ2v) is 3.94. The molecule has 2 aromatic carbocycles. The van der Waals surface area contributed by atoms with Gasteiger partial charge in [0.1, 0.15) is 11.4 Å². The molecule has 0 fully saturated rings. The number of benzene rings is 2. The Morgan fingerprint density at radius 2 is 2.00 bits per heavy atom. The molecule has 0 unspecified atom stereocenters. The van der Waals surface area contributed by atoms with Crippen molar-refractivity contribution in [3.8, 4) is 17.2 Å². The molecular formula is C13H10N2O5. The van der Waals surface area contributed by atoms with Crippen LogP contribution in [-0.4, -0.2) is 21.4 Å². The van der Waals surface area contributed by atoms with Gasteiger partial charge >= 0.3 is 0 Å². The molecule has 0 heterocycles. The first-order chi connectivity index (χ1) is 9.47. The van der Waals surface area contributed by atoms with E-state index in [-0.39, 0.29) is 34.2 Å². The molecule has 7 nitrogen and oxygen atoms in total. The number of aromatic hydroxyl groups is 1. The van der Waals surface area contributed by atoms with Gasteiger partial charge in [-0.15, -0.1) is 0 Å². The fraction of sp³-hybridized carbons (Fsp3) is 0. The highest BCUT2D eigenvalue weighted by atomic mass is 16.6. The van der Waals surface area contributed by atoms with Crippen LogP contribution in [0.1, 0.15) is 5.56 Å². The second-order valence-electron chi connectivity index (χ2n) is 3.94. The van der Waals surface area contributed by atoms with Crippen molar-refractivity contribution < 1.29 is 20.2 Å². The zero-order valence-electron chi connectivity index (χ0n) is 10.1. The van der Waals surface area contributed by atoms with Crippen LogP contribution >= 0.6 is 0 Å². The van der Waals surface area contributed by atoms with Crippen LogP contribution in [0.5, 0.6) is 17.2 Å². The highest BCUT2D eigenvalue weighted by Gasteiger charge is 2.09. The predicted molar refractivity (Wildman–Crippen MR) is 71.0 cm³/mol. The zero-order valence-corrected chi connectivity index (χ0v) is 10.1. The molecule has 0 saturated heterocycles. The van der Waals surface area contributed by atoms with Gasteiger partial charge in [-0.2, -0.15) is 0 Å². The van der Waals surface area contributed by atoms with Crippen molar-refractivity contribution in [1.29, 1.82) is 0 Å². The number of rotatable bonds is 3. The van der Waals surface area contributed by atoms with Crippen molar-refractivity contribution in [3.05, 3.63) is 52.1 Å². The fourth-order valence-electron chi connectivity index (χ4n) is 1.51. The molecular weight excluding hydrogens is 264 g/mol. The molecule has 20 heavy (non-hydrogen) atoms. The van der Waals surface area contributed by atoms with E-state index in [1.54, 1.807) is 0 Å². The fourth-order valence-corrected chi connectivity index (χ4v) is 1.51. The summed E-state index contributed by atoms with van der Waals surface area (Å²) in [7, 11) is 0. The van der Waals surface area contributed by atoms with Crippen molar-refractivity contribution in [1.82, 2.24) is 0 Å². The van der Waals surface area contributed by atoms with Crippen molar-refractivity contribution >= 4 is 17.6 Å². The minimum Gasteiger partial charge on any atom is -0.872 e. The molecule has 0 atom stereocenters. The molecule has 2 rings (SSSR count). The number of nitro benzene ring substituents is 1. The number of phenols is 1. The van der Waals surface area contributed by atoms with Gasteiger partial charge in [0, 0.05) is 24.4 Å². The molecule has 0 saturated carbocycles. The summed E-state index contributed by atoms with van der Waals surface area (Å²) in [6.07, 6.45) is 1.24. The summed E-state index contributed by atoms with van der Waals surface area (Å²) >= 11 is 0. The lowest BCUT2D eigenvalue weighted by atomic mass is 10.2. The van der Waals surface area contributed by atoms with Gasteiger partial charge in [0.2, 0.25) is 0 Å². The SMILES string of the molecule is O=[N+]([O-])c1ccc(N=Cc2ccc([OH2+])cc2[O-])c(O)c1. The van der Waals surface area contributed by atoms with Crippen LogP contribution in [0.4, 0.5) is 11.4 Å². The van der Waals surface area contributed by atoms with E-state index < -0.39 is 4.92 Å². The topological polar surface area (TPSA) is 122 Å². The molecule has 0 aliphatic heterocycles. The van der Waals surface area contributed by atoms with Crippen LogP contribution in [0.25, 0.3) is 0 Å². The Morgan fingerprint density at radius 1 is 1.25 bits per heavy atom. The minimum atomic E-state index is -0.629. The molecule has 3 N–H and O–H groups in total. The molecule has 0 aliphatic carbocycles. The van der Waals surface area contributed by atoms with Crippen molar-refractivity contribution in [2.75, 3.05) is 0 Å². The summed E-state index contributed by atoms with van der Waals surface area (Å²) in [4.78, 5) is 13.8. The number of non-ortho nitro benzene ring substituents is 1. The summed E-state index contributed by atoms with van der Waals surface area (Å²) in [6.45, 7) is 0. The van der Waals surface area contributed by atoms with Crippen LogP contribution in [-0.2, 0) is 0 Å². The normalized spacial score (nSPS) is 10.8. The summed E-state index contributed by atoms with van der Waals surface area (Å²) in [5.74, 6) is -0.604. The van der Waals surface area contributed by atoms with Gasteiger partial charge in [-0.25, -0.2) is 0 Å². The third-order valence-electron chi connectivity index (χ3n) is 2.53. The number of nitrogens with zero attached hydrogens (tertiary/aromatic N) is 2. The predicted octanol–water partition coefficient (Wildman–Crippen LogP) is 1.56. The van der Waals surface area contributed by atoms with Gasteiger partial charge in [-0.1, -0.05) is 5.75 Å². The average Bonchev–Trinajstić information content (AvgIpc) is 2.38. The van der Waals surface area contributed by atoms with Crippen molar-refractivity contribution in [3.63, 3.8) is 0 Å². The maximum atomic E-state index is 11.5. The number of hydrogen-bond donors (Lipinski definition) is 1. The third kappa shape index (κ3) is 2.83. The van der Waals surface area contributed by atoms with Crippen LogP contribution in [0.3, 0.4) is 0 Å². The van der Waals surface area contributed by atoms with E-state index in [4.69, 9.17) is 5.11 Å². The molecule has 0 spiro atoms. The second kappa shape index (κ2) is 5.27. The lowest BCUT2D eigenvalue weighted by Gasteiger charge is -2.08. The maximum absolute atomic E-state index is 11.5. The minimum absolute atomic E-state index is 0.102.